The summed E-state index contributed by atoms with van der Waals surface area (Å²) in [5, 5.41) is 3.12. The minimum atomic E-state index is -0.0528. The maximum atomic E-state index is 12.5. The van der Waals surface area contributed by atoms with Crippen molar-refractivity contribution in [3.63, 3.8) is 0 Å². The predicted octanol–water partition coefficient (Wildman–Crippen LogP) is 2.62. The molecular weight excluding hydrogens is 312 g/mol. The van der Waals surface area contributed by atoms with Gasteiger partial charge in [-0.25, -0.2) is 4.98 Å². The van der Waals surface area contributed by atoms with E-state index in [4.69, 9.17) is 5.73 Å². The number of nitrogens with one attached hydrogen (secondary N) is 1. The monoisotopic (exact) mass is 330 g/mol. The predicted molar refractivity (Wildman–Crippen MR) is 97.0 cm³/mol. The number of aromatic nitrogens is 2. The van der Waals surface area contributed by atoms with Crippen molar-refractivity contribution in [2.75, 3.05) is 5.73 Å². The minimum absolute atomic E-state index is 0.0528. The summed E-state index contributed by atoms with van der Waals surface area (Å²) in [6.07, 6.45) is 4.93. The van der Waals surface area contributed by atoms with E-state index in [1.54, 1.807) is 18.3 Å². The van der Waals surface area contributed by atoms with Gasteiger partial charge in [0.1, 0.15) is 5.82 Å². The smallest absolute Gasteiger partial charge is 0.251 e. The molecule has 1 aliphatic carbocycles. The first kappa shape index (κ1) is 15.3. The van der Waals surface area contributed by atoms with Crippen LogP contribution in [-0.4, -0.2) is 21.9 Å². The van der Waals surface area contributed by atoms with E-state index in [1.165, 1.54) is 17.3 Å². The lowest BCUT2D eigenvalue weighted by molar-refractivity contribution is 0.0938. The van der Waals surface area contributed by atoms with E-state index in [1.807, 2.05) is 24.3 Å². The van der Waals surface area contributed by atoms with Crippen molar-refractivity contribution >= 4 is 11.7 Å². The molecule has 1 amide bonds. The molecule has 25 heavy (non-hydrogen) atoms. The van der Waals surface area contributed by atoms with Crippen LogP contribution in [0.3, 0.4) is 0 Å². The fraction of sp³-hybridized carbons (Fsp3) is 0.150. The zero-order valence-electron chi connectivity index (χ0n) is 13.6. The maximum Gasteiger partial charge on any atom is 0.251 e. The maximum absolute atomic E-state index is 12.5. The van der Waals surface area contributed by atoms with Crippen LogP contribution in [0.15, 0.2) is 60.9 Å². The van der Waals surface area contributed by atoms with Gasteiger partial charge in [-0.1, -0.05) is 36.4 Å². The molecule has 5 heteroatoms. The van der Waals surface area contributed by atoms with Gasteiger partial charge >= 0.3 is 0 Å². The summed E-state index contributed by atoms with van der Waals surface area (Å²) in [7, 11) is 0. The van der Waals surface area contributed by atoms with Crippen LogP contribution < -0.4 is 11.1 Å². The molecule has 2 aromatic carbocycles. The van der Waals surface area contributed by atoms with Crippen molar-refractivity contribution in [1.29, 1.82) is 0 Å². The van der Waals surface area contributed by atoms with E-state index in [2.05, 4.69) is 27.4 Å². The molecule has 1 aromatic heterocycles. The second-order valence-electron chi connectivity index (χ2n) is 6.25. The van der Waals surface area contributed by atoms with Gasteiger partial charge < -0.3 is 11.1 Å². The normalized spacial score (nSPS) is 13.4. The van der Waals surface area contributed by atoms with Crippen LogP contribution in [0.25, 0.3) is 11.3 Å². The van der Waals surface area contributed by atoms with E-state index in [0.29, 0.717) is 17.1 Å². The molecule has 0 spiro atoms. The van der Waals surface area contributed by atoms with E-state index in [0.717, 1.165) is 18.4 Å². The van der Waals surface area contributed by atoms with Gasteiger partial charge in [0.25, 0.3) is 5.91 Å². The number of nitrogens with zero attached hydrogens (tertiary/aromatic N) is 2. The first-order valence-corrected chi connectivity index (χ1v) is 8.24. The Labute approximate surface area is 145 Å². The summed E-state index contributed by atoms with van der Waals surface area (Å²) in [4.78, 5) is 20.8. The number of nitrogens with two attached hydrogens (primary N) is 1. The molecule has 0 fully saturated rings. The number of anilines is 1. The third-order valence-electron chi connectivity index (χ3n) is 4.48. The molecule has 5 nitrogen and oxygen atoms in total. The molecule has 124 valence electrons. The summed E-state index contributed by atoms with van der Waals surface area (Å²) in [5.74, 6) is 0.322. The molecule has 0 radical (unpaired) electrons. The van der Waals surface area contributed by atoms with Gasteiger partial charge in [0.2, 0.25) is 0 Å². The van der Waals surface area contributed by atoms with Crippen LogP contribution in [0.2, 0.25) is 0 Å². The Morgan fingerprint density at radius 2 is 1.68 bits per heavy atom. The minimum Gasteiger partial charge on any atom is -0.382 e. The number of benzene rings is 2. The Morgan fingerprint density at radius 1 is 1.00 bits per heavy atom. The fourth-order valence-corrected chi connectivity index (χ4v) is 3.24. The average molecular weight is 330 g/mol. The molecule has 0 unspecified atom stereocenters. The first-order chi connectivity index (χ1) is 12.2. The van der Waals surface area contributed by atoms with Crippen LogP contribution in [0.1, 0.15) is 21.5 Å². The van der Waals surface area contributed by atoms with Crippen molar-refractivity contribution < 1.29 is 4.79 Å². The highest BCUT2D eigenvalue weighted by Gasteiger charge is 2.22. The van der Waals surface area contributed by atoms with Gasteiger partial charge in [0.05, 0.1) is 18.1 Å². The van der Waals surface area contributed by atoms with Gasteiger partial charge in [-0.15, -0.1) is 0 Å². The lowest BCUT2D eigenvalue weighted by atomic mass is 10.1. The van der Waals surface area contributed by atoms with Gasteiger partial charge in [0.15, 0.2) is 0 Å². The lowest BCUT2D eigenvalue weighted by Gasteiger charge is -2.12. The summed E-state index contributed by atoms with van der Waals surface area (Å²) in [5.41, 5.74) is 10.5. The van der Waals surface area contributed by atoms with Crippen LogP contribution in [0.4, 0.5) is 5.82 Å². The zero-order chi connectivity index (χ0) is 17.2. The van der Waals surface area contributed by atoms with Crippen LogP contribution in [0, 0.1) is 0 Å². The topological polar surface area (TPSA) is 80.9 Å². The van der Waals surface area contributed by atoms with Gasteiger partial charge in [-0.2, -0.15) is 0 Å². The SMILES string of the molecule is Nc1cncc(-c2ccc(C(=O)NC3Cc4ccccc4C3)cc2)n1. The highest BCUT2D eigenvalue weighted by Crippen LogP contribution is 2.22. The average Bonchev–Trinajstić information content (AvgIpc) is 3.04. The molecule has 0 saturated heterocycles. The second kappa shape index (κ2) is 6.36. The molecule has 0 saturated carbocycles. The number of rotatable bonds is 3. The molecule has 0 aliphatic heterocycles. The highest BCUT2D eigenvalue weighted by atomic mass is 16.1. The Kier molecular flexibility index (Phi) is 3.90. The number of carbonyl (C=O) groups excluding carboxylic acids is 1. The van der Waals surface area contributed by atoms with Gasteiger partial charge in [0, 0.05) is 17.2 Å². The van der Waals surface area contributed by atoms with Crippen LogP contribution in [0.5, 0.6) is 0 Å². The van der Waals surface area contributed by atoms with E-state index in [-0.39, 0.29) is 11.9 Å². The van der Waals surface area contributed by atoms with E-state index < -0.39 is 0 Å². The number of carbonyl (C=O) groups is 1. The Morgan fingerprint density at radius 3 is 2.32 bits per heavy atom. The summed E-state index contributed by atoms with van der Waals surface area (Å²) in [6.45, 7) is 0. The van der Waals surface area contributed by atoms with Crippen molar-refractivity contribution in [2.45, 2.75) is 18.9 Å². The second-order valence-corrected chi connectivity index (χ2v) is 6.25. The summed E-state index contributed by atoms with van der Waals surface area (Å²) in [6, 6.07) is 15.8. The fourth-order valence-electron chi connectivity index (χ4n) is 3.24. The number of nitrogen functional groups attached to an aromatic ring is 1. The molecule has 1 heterocycles. The number of amides is 1. The van der Waals surface area contributed by atoms with Crippen molar-refractivity contribution in [3.05, 3.63) is 77.6 Å². The van der Waals surface area contributed by atoms with Gasteiger partial charge in [-0.3, -0.25) is 9.78 Å². The first-order valence-electron chi connectivity index (χ1n) is 8.24. The highest BCUT2D eigenvalue weighted by molar-refractivity contribution is 5.94. The number of hydrogen-bond donors (Lipinski definition) is 2. The Balaban J connectivity index is 1.45. The van der Waals surface area contributed by atoms with E-state index in [9.17, 15) is 4.79 Å². The molecule has 3 aromatic rings. The summed E-state index contributed by atoms with van der Waals surface area (Å²) < 4.78 is 0. The van der Waals surface area contributed by atoms with Crippen molar-refractivity contribution in [1.82, 2.24) is 15.3 Å². The number of hydrogen-bond acceptors (Lipinski definition) is 4. The van der Waals surface area contributed by atoms with Gasteiger partial charge in [-0.05, 0) is 36.1 Å². The molecular formula is C20H18N4O. The quantitative estimate of drug-likeness (QED) is 0.773. The lowest BCUT2D eigenvalue weighted by Crippen LogP contribution is -2.35. The molecule has 1 aliphatic rings. The largest absolute Gasteiger partial charge is 0.382 e. The number of fused-ring (bicyclic) bond motifs is 1. The van der Waals surface area contributed by atoms with Crippen molar-refractivity contribution in [3.8, 4) is 11.3 Å². The van der Waals surface area contributed by atoms with E-state index >= 15 is 0 Å². The molecule has 0 bridgehead atoms. The van der Waals surface area contributed by atoms with Crippen molar-refractivity contribution in [2.24, 2.45) is 0 Å². The Hall–Kier alpha value is -3.21. The summed E-state index contributed by atoms with van der Waals surface area (Å²) >= 11 is 0. The third-order valence-corrected chi connectivity index (χ3v) is 4.48. The molecule has 4 rings (SSSR count). The zero-order valence-corrected chi connectivity index (χ0v) is 13.6. The van der Waals surface area contributed by atoms with Crippen LogP contribution >= 0.6 is 0 Å². The molecule has 3 N–H and O–H groups in total. The Bertz CT molecular complexity index is 896. The van der Waals surface area contributed by atoms with Crippen LogP contribution in [-0.2, 0) is 12.8 Å². The standard InChI is InChI=1S/C20H18N4O/c21-19-12-22-11-18(24-19)13-5-7-14(8-6-13)20(25)23-17-9-15-3-1-2-4-16(15)10-17/h1-8,11-12,17H,9-10H2,(H2,21,24)(H,23,25). The third kappa shape index (κ3) is 3.21. The molecule has 0 atom stereocenters.